The number of hydrogen-bond donors (Lipinski definition) is 0. The maximum Gasteiger partial charge on any atom is 0.409 e. The highest BCUT2D eigenvalue weighted by atomic mass is 31.2. The predicted molar refractivity (Wildman–Crippen MR) is 156 cm³/mol. The summed E-state index contributed by atoms with van der Waals surface area (Å²) >= 11 is 0. The van der Waals surface area contributed by atoms with Gasteiger partial charge in [0.05, 0.1) is 25.3 Å². The van der Waals surface area contributed by atoms with E-state index in [1.807, 2.05) is 14.2 Å². The standard InChI is InChI=1S/C25H52B2N4O2P2/c1-7-28(8-2)34(26,29(9-3)10-4)24-16-11-17-25(24)35(27,30-18-12-14-22(30)20-32-5)31-19-13-15-23(31)21-33-6/h22-25H,7-21H2,1-6H3/q+2/t22-,23-,24?,25?/m1/s1. The first-order valence-electron chi connectivity index (χ1n) is 14.3. The second kappa shape index (κ2) is 13.7. The van der Waals surface area contributed by atoms with Crippen molar-refractivity contribution in [3.63, 3.8) is 0 Å². The molecular weight excluding hydrogens is 472 g/mol. The second-order valence-corrected chi connectivity index (χ2v) is 16.9. The summed E-state index contributed by atoms with van der Waals surface area (Å²) in [4.78, 5) is 0. The normalized spacial score (nSPS) is 29.3. The van der Waals surface area contributed by atoms with Crippen LogP contribution >= 0.6 is 14.9 Å². The van der Waals surface area contributed by atoms with Gasteiger partial charge in [0.2, 0.25) is 0 Å². The van der Waals surface area contributed by atoms with E-state index in [0.717, 1.165) is 52.5 Å². The molecule has 0 aromatic rings. The summed E-state index contributed by atoms with van der Waals surface area (Å²) < 4.78 is 22.2. The van der Waals surface area contributed by atoms with Crippen LogP contribution in [0.4, 0.5) is 0 Å². The minimum Gasteiger partial charge on any atom is -0.383 e. The van der Waals surface area contributed by atoms with E-state index in [2.05, 4.69) is 46.4 Å². The Balaban J connectivity index is 2.10. The molecule has 3 rings (SSSR count). The zero-order valence-electron chi connectivity index (χ0n) is 23.6. The van der Waals surface area contributed by atoms with Gasteiger partial charge in [-0.05, 0) is 72.6 Å². The van der Waals surface area contributed by atoms with Gasteiger partial charge in [-0.25, -0.2) is 0 Å². The van der Waals surface area contributed by atoms with E-state index in [-0.39, 0.29) is 0 Å². The highest BCUT2D eigenvalue weighted by Crippen LogP contribution is 2.79. The Morgan fingerprint density at radius 1 is 0.686 bits per heavy atom. The van der Waals surface area contributed by atoms with Gasteiger partial charge in [0.25, 0.3) is 0 Å². The van der Waals surface area contributed by atoms with Crippen molar-refractivity contribution < 1.29 is 9.47 Å². The number of methoxy groups -OCH3 is 2. The van der Waals surface area contributed by atoms with Crippen molar-refractivity contribution in [2.24, 2.45) is 0 Å². The lowest BCUT2D eigenvalue weighted by atomic mass is 10.2. The molecule has 10 heteroatoms. The summed E-state index contributed by atoms with van der Waals surface area (Å²) in [5.41, 5.74) is 0.894. The molecule has 4 atom stereocenters. The molecule has 1 aliphatic carbocycles. The topological polar surface area (TPSA) is 31.4 Å². The third-order valence-electron chi connectivity index (χ3n) is 9.02. The molecular formula is C25H52B2N4O2P2+2. The van der Waals surface area contributed by atoms with Crippen molar-refractivity contribution in [3.05, 3.63) is 0 Å². The van der Waals surface area contributed by atoms with Gasteiger partial charge in [-0.15, -0.1) is 0 Å². The lowest BCUT2D eigenvalue weighted by Crippen LogP contribution is -2.52. The van der Waals surface area contributed by atoms with E-state index in [4.69, 9.17) is 24.6 Å². The summed E-state index contributed by atoms with van der Waals surface area (Å²) in [5, 5.41) is 0. The highest BCUT2D eigenvalue weighted by Gasteiger charge is 2.67. The van der Waals surface area contributed by atoms with Gasteiger partial charge in [0.15, 0.2) is 0 Å². The molecule has 2 unspecified atom stereocenters. The van der Waals surface area contributed by atoms with Crippen molar-refractivity contribution in [3.8, 4) is 0 Å². The first-order valence-corrected chi connectivity index (χ1v) is 17.9. The lowest BCUT2D eigenvalue weighted by molar-refractivity contribution is 0.135. The maximum absolute atomic E-state index is 7.99. The molecule has 4 radical (unpaired) electrons. The summed E-state index contributed by atoms with van der Waals surface area (Å²) in [6.07, 6.45) is 8.42. The van der Waals surface area contributed by atoms with Crippen molar-refractivity contribution >= 4 is 30.0 Å². The van der Waals surface area contributed by atoms with Crippen molar-refractivity contribution in [2.75, 3.05) is 66.7 Å². The van der Waals surface area contributed by atoms with E-state index in [1.165, 1.54) is 44.9 Å². The molecule has 2 heterocycles. The molecule has 0 amide bonds. The van der Waals surface area contributed by atoms with E-state index >= 15 is 0 Å². The summed E-state index contributed by atoms with van der Waals surface area (Å²) in [5.74, 6) is 0. The fourth-order valence-corrected chi connectivity index (χ4v) is 17.5. The smallest absolute Gasteiger partial charge is 0.383 e. The Hall–Kier alpha value is 0.750. The molecule has 198 valence electrons. The minimum absolute atomic E-state index is 0.413. The average molecular weight is 524 g/mol. The summed E-state index contributed by atoms with van der Waals surface area (Å²) in [6, 6.07) is 0.826. The number of hydrogen-bond acceptors (Lipinski definition) is 6. The quantitative estimate of drug-likeness (QED) is 0.243. The Morgan fingerprint density at radius 3 is 1.51 bits per heavy atom. The Labute approximate surface area is 220 Å². The number of rotatable bonds is 14. The first-order chi connectivity index (χ1) is 16.9. The fraction of sp³-hybridized carbons (Fsp3) is 1.00. The molecule has 0 N–H and O–H groups in total. The predicted octanol–water partition coefficient (Wildman–Crippen LogP) is 4.67. The molecule has 35 heavy (non-hydrogen) atoms. The largest absolute Gasteiger partial charge is 0.409 e. The van der Waals surface area contributed by atoms with Crippen LogP contribution in [0.3, 0.4) is 0 Å². The molecule has 2 saturated heterocycles. The third kappa shape index (κ3) is 5.72. The van der Waals surface area contributed by atoms with E-state index in [0.29, 0.717) is 23.4 Å². The Bertz CT molecular complexity index is 609. The van der Waals surface area contributed by atoms with Crippen molar-refractivity contribution in [1.82, 2.24) is 18.7 Å². The van der Waals surface area contributed by atoms with Gasteiger partial charge in [-0.2, -0.15) is 18.7 Å². The van der Waals surface area contributed by atoms with Gasteiger partial charge in [0, 0.05) is 53.5 Å². The fourth-order valence-electron chi connectivity index (χ4n) is 7.50. The maximum atomic E-state index is 7.99. The SMILES string of the molecule is [B][P+](C1CCCC1[P+]([B])(N1CCC[C@@H]1COC)N1CCC[C@@H]1COC)(N(CC)CC)N(CC)CC. The molecule has 1 saturated carbocycles. The van der Waals surface area contributed by atoms with Crippen LogP contribution in [0.25, 0.3) is 0 Å². The molecule has 0 aromatic heterocycles. The molecule has 3 aliphatic rings. The molecule has 0 spiro atoms. The van der Waals surface area contributed by atoms with Crippen molar-refractivity contribution in [1.29, 1.82) is 0 Å². The average Bonchev–Trinajstić information content (AvgIpc) is 3.62. The number of ether oxygens (including phenoxy) is 2. The van der Waals surface area contributed by atoms with Crippen LogP contribution in [0.5, 0.6) is 0 Å². The van der Waals surface area contributed by atoms with Crippen molar-refractivity contribution in [2.45, 2.75) is 96.0 Å². The monoisotopic (exact) mass is 524 g/mol. The van der Waals surface area contributed by atoms with E-state index < -0.39 is 14.9 Å². The van der Waals surface area contributed by atoms with Crippen LogP contribution < -0.4 is 0 Å². The number of nitrogens with zero attached hydrogens (tertiary/aromatic N) is 4. The Morgan fingerprint density at radius 2 is 1.11 bits per heavy atom. The Kier molecular flexibility index (Phi) is 11.9. The van der Waals surface area contributed by atoms with E-state index in [1.54, 1.807) is 0 Å². The zero-order valence-corrected chi connectivity index (χ0v) is 25.4. The third-order valence-corrected chi connectivity index (χ3v) is 18.1. The van der Waals surface area contributed by atoms with Crippen LogP contribution in [0.15, 0.2) is 0 Å². The van der Waals surface area contributed by atoms with Crippen LogP contribution in [-0.2, 0) is 9.47 Å². The van der Waals surface area contributed by atoms with Gasteiger partial charge >= 0.3 is 15.1 Å². The molecule has 2 aliphatic heterocycles. The summed E-state index contributed by atoms with van der Waals surface area (Å²) in [7, 11) is 15.2. The molecule has 6 nitrogen and oxygen atoms in total. The van der Waals surface area contributed by atoms with Gasteiger partial charge in [0.1, 0.15) is 26.2 Å². The van der Waals surface area contributed by atoms with Crippen LogP contribution in [-0.4, -0.2) is 124 Å². The highest BCUT2D eigenvalue weighted by molar-refractivity contribution is 7.97. The van der Waals surface area contributed by atoms with Gasteiger partial charge in [-0.1, -0.05) is 0 Å². The zero-order chi connectivity index (χ0) is 25.6. The first kappa shape index (κ1) is 30.3. The van der Waals surface area contributed by atoms with Crippen LogP contribution in [0, 0.1) is 0 Å². The molecule has 3 fully saturated rings. The molecule has 0 bridgehead atoms. The second-order valence-electron chi connectivity index (χ2n) is 10.6. The molecule has 0 aromatic carbocycles. The minimum atomic E-state index is -2.16. The van der Waals surface area contributed by atoms with Crippen LogP contribution in [0.1, 0.15) is 72.6 Å². The van der Waals surface area contributed by atoms with Crippen LogP contribution in [0.2, 0.25) is 0 Å². The summed E-state index contributed by atoms with van der Waals surface area (Å²) in [6.45, 7) is 16.9. The van der Waals surface area contributed by atoms with Gasteiger partial charge in [-0.3, -0.25) is 0 Å². The lowest BCUT2D eigenvalue weighted by Gasteiger charge is -2.51. The van der Waals surface area contributed by atoms with Gasteiger partial charge < -0.3 is 9.47 Å². The van der Waals surface area contributed by atoms with E-state index in [9.17, 15) is 0 Å².